The van der Waals surface area contributed by atoms with Crippen molar-refractivity contribution in [2.75, 3.05) is 7.05 Å². The van der Waals surface area contributed by atoms with Crippen molar-refractivity contribution in [3.05, 3.63) is 46.0 Å². The second-order valence-electron chi connectivity index (χ2n) is 6.90. The van der Waals surface area contributed by atoms with E-state index >= 15 is 0 Å². The molecule has 1 N–H and O–H groups in total. The Labute approximate surface area is 157 Å². The quantitative estimate of drug-likeness (QED) is 0.746. The number of imidazole rings is 1. The molecule has 0 saturated heterocycles. The van der Waals surface area contributed by atoms with E-state index in [1.807, 2.05) is 18.2 Å². The van der Waals surface area contributed by atoms with Crippen LogP contribution in [0.5, 0.6) is 0 Å². The van der Waals surface area contributed by atoms with Crippen molar-refractivity contribution >= 4 is 11.6 Å². The van der Waals surface area contributed by atoms with Gasteiger partial charge in [-0.05, 0) is 55.6 Å². The summed E-state index contributed by atoms with van der Waals surface area (Å²) in [4.78, 5) is 7.13. The Balaban J connectivity index is 1.54. The minimum atomic E-state index is 0.559. The molecule has 2 aromatic heterocycles. The van der Waals surface area contributed by atoms with Crippen LogP contribution in [0, 0.1) is 0 Å². The maximum atomic E-state index is 6.17. The molecule has 0 unspecified atom stereocenters. The molecule has 0 saturated carbocycles. The maximum absolute atomic E-state index is 6.17. The summed E-state index contributed by atoms with van der Waals surface area (Å²) in [6.45, 7) is 1.54. The van der Waals surface area contributed by atoms with Crippen molar-refractivity contribution in [1.29, 1.82) is 0 Å². The fraction of sp³-hybridized carbons (Fsp3) is 0.444. The third-order valence-electron chi connectivity index (χ3n) is 4.98. The predicted octanol–water partition coefficient (Wildman–Crippen LogP) is 2.76. The van der Waals surface area contributed by atoms with Gasteiger partial charge in [-0.3, -0.25) is 4.90 Å². The van der Waals surface area contributed by atoms with Crippen LogP contribution in [0.4, 0.5) is 0 Å². The molecule has 4 rings (SSSR count). The van der Waals surface area contributed by atoms with Gasteiger partial charge in [-0.1, -0.05) is 17.7 Å². The highest BCUT2D eigenvalue weighted by Gasteiger charge is 2.19. The summed E-state index contributed by atoms with van der Waals surface area (Å²) >= 11 is 6.17. The monoisotopic (exact) mass is 371 g/mol. The molecule has 0 atom stereocenters. The second-order valence-corrected chi connectivity index (χ2v) is 7.33. The van der Waals surface area contributed by atoms with Crippen LogP contribution < -0.4 is 0 Å². The van der Waals surface area contributed by atoms with Crippen molar-refractivity contribution in [2.45, 2.75) is 38.8 Å². The van der Waals surface area contributed by atoms with Gasteiger partial charge in [0.15, 0.2) is 0 Å². The molecule has 136 valence electrons. The first-order valence-electron chi connectivity index (χ1n) is 8.86. The van der Waals surface area contributed by atoms with E-state index in [1.165, 1.54) is 24.2 Å². The van der Waals surface area contributed by atoms with Crippen molar-refractivity contribution in [1.82, 2.24) is 35.1 Å². The molecule has 8 heteroatoms. The number of halogens is 1. The number of nitrogens with zero attached hydrogens (tertiary/aromatic N) is 6. The molecule has 1 aliphatic rings. The van der Waals surface area contributed by atoms with E-state index in [4.69, 9.17) is 16.6 Å². The highest BCUT2D eigenvalue weighted by atomic mass is 35.5. The van der Waals surface area contributed by atoms with Crippen LogP contribution in [0.15, 0.2) is 18.2 Å². The summed E-state index contributed by atoms with van der Waals surface area (Å²) in [5.74, 6) is 1.68. The van der Waals surface area contributed by atoms with E-state index < -0.39 is 0 Å². The van der Waals surface area contributed by atoms with Gasteiger partial charge >= 0.3 is 0 Å². The molecule has 26 heavy (non-hydrogen) atoms. The molecule has 3 aromatic rings. The highest BCUT2D eigenvalue weighted by Crippen LogP contribution is 2.26. The van der Waals surface area contributed by atoms with Crippen LogP contribution >= 0.6 is 11.6 Å². The minimum absolute atomic E-state index is 0.559. The lowest BCUT2D eigenvalue weighted by atomic mass is 10.0. The summed E-state index contributed by atoms with van der Waals surface area (Å²) in [5.41, 5.74) is 4.69. The number of H-pyrrole nitrogens is 1. The number of aryl methyl sites for hydroxylation is 1. The molecular formula is C18H22ClN7. The van der Waals surface area contributed by atoms with E-state index in [0.717, 1.165) is 42.9 Å². The number of hydrogen-bond acceptors (Lipinski definition) is 5. The van der Waals surface area contributed by atoms with Gasteiger partial charge in [-0.2, -0.15) is 5.21 Å². The van der Waals surface area contributed by atoms with Crippen LogP contribution in [-0.4, -0.2) is 42.1 Å². The third-order valence-corrected chi connectivity index (χ3v) is 5.21. The topological polar surface area (TPSA) is 75.5 Å². The van der Waals surface area contributed by atoms with Gasteiger partial charge in [0, 0.05) is 29.9 Å². The average Bonchev–Trinajstić information content (AvgIpc) is 3.26. The van der Waals surface area contributed by atoms with Gasteiger partial charge in [0.05, 0.1) is 12.2 Å². The molecule has 0 aliphatic heterocycles. The van der Waals surface area contributed by atoms with Crippen molar-refractivity contribution in [3.8, 4) is 11.4 Å². The van der Waals surface area contributed by atoms with E-state index in [9.17, 15) is 0 Å². The molecule has 0 fully saturated rings. The number of aromatic amines is 1. The summed E-state index contributed by atoms with van der Waals surface area (Å²) in [5, 5.41) is 15.0. The smallest absolute Gasteiger partial charge is 0.205 e. The van der Waals surface area contributed by atoms with Gasteiger partial charge in [0.1, 0.15) is 5.82 Å². The first-order chi connectivity index (χ1) is 12.6. The lowest BCUT2D eigenvalue weighted by Crippen LogP contribution is -2.20. The molecule has 0 spiro atoms. The Morgan fingerprint density at radius 1 is 1.23 bits per heavy atom. The number of rotatable bonds is 5. The summed E-state index contributed by atoms with van der Waals surface area (Å²) in [6.07, 6.45) is 4.76. The van der Waals surface area contributed by atoms with Gasteiger partial charge in [-0.25, -0.2) is 4.98 Å². The number of aromatic nitrogens is 6. The molecule has 7 nitrogen and oxygen atoms in total. The number of tetrazole rings is 1. The maximum Gasteiger partial charge on any atom is 0.205 e. The zero-order chi connectivity index (χ0) is 18.1. The predicted molar refractivity (Wildman–Crippen MR) is 99.6 cm³/mol. The molecular weight excluding hydrogens is 350 g/mol. The first-order valence-corrected chi connectivity index (χ1v) is 9.23. The van der Waals surface area contributed by atoms with Crippen LogP contribution in [0.1, 0.15) is 35.6 Å². The summed E-state index contributed by atoms with van der Waals surface area (Å²) in [6, 6.07) is 5.80. The number of benzene rings is 1. The van der Waals surface area contributed by atoms with Crippen molar-refractivity contribution in [2.24, 2.45) is 7.05 Å². The standard InChI is InChI=1S/C18H22ClN7/c1-25(11-17-20-15-5-3-4-6-16(15)26(17)2)10-12-7-8-13(19)9-14(12)18-21-23-24-22-18/h7-9H,3-6,10-11H2,1-2H3,(H,21,22,23,24). The Bertz CT molecular complexity index is 901. The SMILES string of the molecule is CN(Cc1ccc(Cl)cc1-c1nn[nH]n1)Cc1nc2c(n1C)CCCC2. The minimum Gasteiger partial charge on any atom is -0.334 e. The molecule has 1 aromatic carbocycles. The largest absolute Gasteiger partial charge is 0.334 e. The Kier molecular flexibility index (Phi) is 4.74. The first kappa shape index (κ1) is 17.2. The number of fused-ring (bicyclic) bond motifs is 1. The lowest BCUT2D eigenvalue weighted by Gasteiger charge is -2.18. The highest BCUT2D eigenvalue weighted by molar-refractivity contribution is 6.30. The molecule has 0 radical (unpaired) electrons. The van der Waals surface area contributed by atoms with Gasteiger partial charge in [0.2, 0.25) is 5.82 Å². The van der Waals surface area contributed by atoms with Crippen LogP contribution in [0.2, 0.25) is 5.02 Å². The number of nitrogens with one attached hydrogen (secondary N) is 1. The molecule has 2 heterocycles. The van der Waals surface area contributed by atoms with E-state index in [-0.39, 0.29) is 0 Å². The summed E-state index contributed by atoms with van der Waals surface area (Å²) in [7, 11) is 4.23. The molecule has 1 aliphatic carbocycles. The fourth-order valence-corrected chi connectivity index (χ4v) is 3.81. The van der Waals surface area contributed by atoms with Crippen LogP contribution in [0.25, 0.3) is 11.4 Å². The van der Waals surface area contributed by atoms with E-state index in [2.05, 4.69) is 44.2 Å². The Hall–Kier alpha value is -2.25. The average molecular weight is 372 g/mol. The van der Waals surface area contributed by atoms with E-state index in [0.29, 0.717) is 10.8 Å². The normalized spacial score (nSPS) is 14.0. The molecule has 0 bridgehead atoms. The molecule has 0 amide bonds. The van der Waals surface area contributed by atoms with Crippen LogP contribution in [-0.2, 0) is 33.0 Å². The van der Waals surface area contributed by atoms with Crippen molar-refractivity contribution in [3.63, 3.8) is 0 Å². The zero-order valence-electron chi connectivity index (χ0n) is 15.0. The lowest BCUT2D eigenvalue weighted by molar-refractivity contribution is 0.307. The second kappa shape index (κ2) is 7.17. The third kappa shape index (κ3) is 3.37. The van der Waals surface area contributed by atoms with Gasteiger partial charge in [-0.15, -0.1) is 10.2 Å². The van der Waals surface area contributed by atoms with Gasteiger partial charge in [0.25, 0.3) is 0 Å². The van der Waals surface area contributed by atoms with Crippen molar-refractivity contribution < 1.29 is 0 Å². The summed E-state index contributed by atoms with van der Waals surface area (Å²) < 4.78 is 2.27. The zero-order valence-corrected chi connectivity index (χ0v) is 15.8. The number of hydrogen-bond donors (Lipinski definition) is 1. The Morgan fingerprint density at radius 3 is 2.85 bits per heavy atom. The Morgan fingerprint density at radius 2 is 2.08 bits per heavy atom. The fourth-order valence-electron chi connectivity index (χ4n) is 3.64. The van der Waals surface area contributed by atoms with E-state index in [1.54, 1.807) is 0 Å². The van der Waals surface area contributed by atoms with Gasteiger partial charge < -0.3 is 4.57 Å². The van der Waals surface area contributed by atoms with Crippen LogP contribution in [0.3, 0.4) is 0 Å².